The molecule has 1 saturated heterocycles. The van der Waals surface area contributed by atoms with E-state index in [1.165, 1.54) is 11.1 Å². The number of pyridine rings is 2. The van der Waals surface area contributed by atoms with Gasteiger partial charge in [0, 0.05) is 54.9 Å². The third kappa shape index (κ3) is 4.96. The molecule has 0 spiro atoms. The second kappa shape index (κ2) is 10.3. The number of rotatable bonds is 5. The molecule has 0 aliphatic carbocycles. The van der Waals surface area contributed by atoms with Crippen LogP contribution in [0, 0.1) is 19.3 Å². The van der Waals surface area contributed by atoms with Gasteiger partial charge in [-0.05, 0) is 67.3 Å². The molecule has 2 aliphatic rings. The van der Waals surface area contributed by atoms with Crippen molar-refractivity contribution < 1.29 is 14.3 Å². The van der Waals surface area contributed by atoms with Crippen LogP contribution in [0.25, 0.3) is 33.3 Å². The lowest BCUT2D eigenvalue weighted by Gasteiger charge is -2.40. The lowest BCUT2D eigenvalue weighted by atomic mass is 9.82. The highest BCUT2D eigenvalue weighted by molar-refractivity contribution is 6.04. The zero-order chi connectivity index (χ0) is 29.9. The number of aliphatic carboxylic acids is 1. The molecular weight excluding hydrogens is 540 g/mol. The van der Waals surface area contributed by atoms with Crippen LogP contribution in [0.4, 0.5) is 11.5 Å². The molecule has 220 valence electrons. The average Bonchev–Trinajstić information content (AvgIpc) is 3.35. The Morgan fingerprint density at radius 3 is 2.60 bits per heavy atom. The van der Waals surface area contributed by atoms with Gasteiger partial charge in [-0.25, -0.2) is 15.0 Å². The predicted octanol–water partition coefficient (Wildman–Crippen LogP) is 6.27. The third-order valence-electron chi connectivity index (χ3n) is 9.19. The maximum absolute atomic E-state index is 11.9. The average molecular weight is 577 g/mol. The molecule has 7 rings (SSSR count). The smallest absolute Gasteiger partial charge is 0.307 e. The molecular formula is C34H36N6O3. The predicted molar refractivity (Wildman–Crippen MR) is 168 cm³/mol. The lowest BCUT2D eigenvalue weighted by Crippen LogP contribution is -2.38. The SMILES string of the molecule is Cc1ccc2c(n1)oc1c(N3CCc4cc(-c5cnc(C)c(CC(=O)O)c5N5CCC(C)(C)CC5)ccc4C3)ncnc12. The van der Waals surface area contributed by atoms with E-state index in [1.54, 1.807) is 6.33 Å². The van der Waals surface area contributed by atoms with E-state index in [9.17, 15) is 9.90 Å². The number of fused-ring (bicyclic) bond motifs is 4. The Morgan fingerprint density at radius 1 is 1.00 bits per heavy atom. The van der Waals surface area contributed by atoms with Gasteiger partial charge in [0.25, 0.3) is 0 Å². The molecule has 43 heavy (non-hydrogen) atoms. The fourth-order valence-corrected chi connectivity index (χ4v) is 6.57. The summed E-state index contributed by atoms with van der Waals surface area (Å²) >= 11 is 0. The monoisotopic (exact) mass is 576 g/mol. The number of aromatic nitrogens is 4. The minimum Gasteiger partial charge on any atom is -0.481 e. The van der Waals surface area contributed by atoms with E-state index >= 15 is 0 Å². The van der Waals surface area contributed by atoms with E-state index in [4.69, 9.17) is 4.42 Å². The van der Waals surface area contributed by atoms with Crippen LogP contribution in [0.1, 0.15) is 54.8 Å². The molecule has 5 aromatic rings. The maximum atomic E-state index is 11.9. The van der Waals surface area contributed by atoms with Crippen LogP contribution in [0.5, 0.6) is 0 Å². The molecule has 1 N–H and O–H groups in total. The zero-order valence-corrected chi connectivity index (χ0v) is 25.1. The van der Waals surface area contributed by atoms with Crippen LogP contribution in [0.15, 0.2) is 47.3 Å². The fraction of sp³-hybridized carbons (Fsp3) is 0.382. The molecule has 0 atom stereocenters. The number of piperidine rings is 1. The minimum atomic E-state index is -0.833. The number of hydrogen-bond acceptors (Lipinski definition) is 8. The molecule has 9 heteroatoms. The first-order valence-corrected chi connectivity index (χ1v) is 15.0. The summed E-state index contributed by atoms with van der Waals surface area (Å²) in [6.07, 6.45) is 6.48. The lowest BCUT2D eigenvalue weighted by molar-refractivity contribution is -0.136. The topological polar surface area (TPSA) is 108 Å². The fourth-order valence-electron chi connectivity index (χ4n) is 6.57. The summed E-state index contributed by atoms with van der Waals surface area (Å²) in [6.45, 7) is 11.8. The summed E-state index contributed by atoms with van der Waals surface area (Å²) in [6, 6.07) is 10.6. The van der Waals surface area contributed by atoms with Crippen molar-refractivity contribution >= 4 is 39.7 Å². The van der Waals surface area contributed by atoms with Crippen LogP contribution >= 0.6 is 0 Å². The van der Waals surface area contributed by atoms with Gasteiger partial charge in [0.05, 0.1) is 17.5 Å². The minimum absolute atomic E-state index is 0.0356. The van der Waals surface area contributed by atoms with Crippen LogP contribution in [-0.2, 0) is 24.2 Å². The van der Waals surface area contributed by atoms with Crippen molar-refractivity contribution in [3.8, 4) is 11.1 Å². The Labute approximate surface area is 250 Å². The number of carboxylic acid groups (broad SMARTS) is 1. The molecule has 0 amide bonds. The Balaban J connectivity index is 1.24. The molecule has 0 radical (unpaired) electrons. The highest BCUT2D eigenvalue weighted by Crippen LogP contribution is 2.41. The van der Waals surface area contributed by atoms with E-state index in [1.807, 2.05) is 32.2 Å². The van der Waals surface area contributed by atoms with Gasteiger partial charge in [-0.1, -0.05) is 32.0 Å². The summed E-state index contributed by atoms with van der Waals surface area (Å²) in [5.74, 6) is -0.0490. The Bertz CT molecular complexity index is 1890. The van der Waals surface area contributed by atoms with E-state index in [2.05, 4.69) is 61.8 Å². The van der Waals surface area contributed by atoms with Crippen molar-refractivity contribution in [1.29, 1.82) is 0 Å². The molecule has 6 heterocycles. The standard InChI is InChI=1S/C34H36N6O3/c1-20-5-8-25-29-31(43-33(25)38-20)32(37-19-36-29)40-12-9-22-15-23(6-7-24(22)18-40)27-17-35-21(2)26(16-28(41)42)30(27)39-13-10-34(3,4)11-14-39/h5-8,15,17,19H,9-14,16,18H2,1-4H3,(H,41,42). The maximum Gasteiger partial charge on any atom is 0.307 e. The second-order valence-electron chi connectivity index (χ2n) is 12.7. The molecule has 4 aromatic heterocycles. The van der Waals surface area contributed by atoms with Gasteiger partial charge in [-0.15, -0.1) is 0 Å². The van der Waals surface area contributed by atoms with Crippen molar-refractivity contribution in [2.75, 3.05) is 29.4 Å². The number of furan rings is 1. The Kier molecular flexibility index (Phi) is 6.56. The highest BCUT2D eigenvalue weighted by Gasteiger charge is 2.30. The molecule has 1 fully saturated rings. The number of nitrogens with zero attached hydrogens (tertiary/aromatic N) is 6. The van der Waals surface area contributed by atoms with Crippen molar-refractivity contribution in [2.24, 2.45) is 5.41 Å². The van der Waals surface area contributed by atoms with Crippen molar-refractivity contribution in [3.05, 3.63) is 70.9 Å². The molecule has 0 saturated carbocycles. The first kappa shape index (κ1) is 27.3. The van der Waals surface area contributed by atoms with Gasteiger partial charge in [0.2, 0.25) is 5.71 Å². The Morgan fingerprint density at radius 2 is 1.81 bits per heavy atom. The van der Waals surface area contributed by atoms with Crippen LogP contribution in [0.3, 0.4) is 0 Å². The quantitative estimate of drug-likeness (QED) is 0.259. The number of aryl methyl sites for hydroxylation is 2. The van der Waals surface area contributed by atoms with E-state index in [0.717, 1.165) is 89.4 Å². The van der Waals surface area contributed by atoms with Crippen molar-refractivity contribution in [1.82, 2.24) is 19.9 Å². The van der Waals surface area contributed by atoms with Crippen molar-refractivity contribution in [2.45, 2.75) is 59.9 Å². The van der Waals surface area contributed by atoms with Gasteiger partial charge in [-0.2, -0.15) is 0 Å². The number of anilines is 2. The number of carbonyl (C=O) groups is 1. The second-order valence-corrected chi connectivity index (χ2v) is 12.7. The third-order valence-corrected chi connectivity index (χ3v) is 9.19. The zero-order valence-electron chi connectivity index (χ0n) is 25.1. The van der Waals surface area contributed by atoms with E-state index < -0.39 is 5.97 Å². The first-order chi connectivity index (χ1) is 20.7. The van der Waals surface area contributed by atoms with Crippen LogP contribution in [-0.4, -0.2) is 50.6 Å². The summed E-state index contributed by atoms with van der Waals surface area (Å²) < 4.78 is 6.18. The molecule has 0 unspecified atom stereocenters. The summed E-state index contributed by atoms with van der Waals surface area (Å²) in [7, 11) is 0. The number of carboxylic acids is 1. The van der Waals surface area contributed by atoms with Crippen LogP contribution < -0.4 is 9.80 Å². The van der Waals surface area contributed by atoms with Gasteiger partial charge >= 0.3 is 5.97 Å². The van der Waals surface area contributed by atoms with Gasteiger partial charge in [0.15, 0.2) is 11.4 Å². The number of benzene rings is 1. The van der Waals surface area contributed by atoms with Gasteiger partial charge in [-0.3, -0.25) is 9.78 Å². The molecule has 9 nitrogen and oxygen atoms in total. The van der Waals surface area contributed by atoms with Crippen LogP contribution in [0.2, 0.25) is 0 Å². The van der Waals surface area contributed by atoms with E-state index in [-0.39, 0.29) is 11.8 Å². The van der Waals surface area contributed by atoms with E-state index in [0.29, 0.717) is 17.8 Å². The summed E-state index contributed by atoms with van der Waals surface area (Å²) in [5, 5.41) is 10.7. The highest BCUT2D eigenvalue weighted by atomic mass is 16.4. The summed E-state index contributed by atoms with van der Waals surface area (Å²) in [4.78, 5) is 34.9. The van der Waals surface area contributed by atoms with Gasteiger partial charge < -0.3 is 19.3 Å². The number of hydrogen-bond donors (Lipinski definition) is 1. The molecule has 1 aromatic carbocycles. The summed E-state index contributed by atoms with van der Waals surface area (Å²) in [5.41, 5.74) is 10.5. The normalized spacial score (nSPS) is 16.6. The van der Waals surface area contributed by atoms with Gasteiger partial charge in [0.1, 0.15) is 11.8 Å². The Hall–Kier alpha value is -4.53. The molecule has 0 bridgehead atoms. The van der Waals surface area contributed by atoms with Crippen molar-refractivity contribution in [3.63, 3.8) is 0 Å². The first-order valence-electron chi connectivity index (χ1n) is 15.0. The molecule has 2 aliphatic heterocycles. The largest absolute Gasteiger partial charge is 0.481 e.